The van der Waals surface area contributed by atoms with E-state index in [4.69, 9.17) is 9.05 Å². The van der Waals surface area contributed by atoms with E-state index in [0.29, 0.717) is 5.30 Å². The van der Waals surface area contributed by atoms with Gasteiger partial charge in [-0.05, 0) is 30.2 Å². The summed E-state index contributed by atoms with van der Waals surface area (Å²) in [6.07, 6.45) is 0. The molecule has 0 saturated carbocycles. The molecule has 0 atom stereocenters. The lowest BCUT2D eigenvalue weighted by molar-refractivity contribution is 0.287. The molecule has 0 aliphatic heterocycles. The normalized spacial score (nSPS) is 11.5. The molecule has 2 rings (SSSR count). The average molecular weight is 276 g/mol. The maximum absolute atomic E-state index is 12.3. The van der Waals surface area contributed by atoms with Crippen molar-refractivity contribution in [1.29, 1.82) is 0 Å². The van der Waals surface area contributed by atoms with Gasteiger partial charge < -0.3 is 9.05 Å². The van der Waals surface area contributed by atoms with Crippen LogP contribution in [0.4, 0.5) is 0 Å². The first-order chi connectivity index (χ1) is 9.09. The molecule has 4 heteroatoms. The minimum atomic E-state index is -3.19. The van der Waals surface area contributed by atoms with Crippen LogP contribution in [0.2, 0.25) is 0 Å². The fraction of sp³-hybridized carbons (Fsp3) is 0.200. The molecule has 2 aromatic rings. The van der Waals surface area contributed by atoms with E-state index in [2.05, 4.69) is 0 Å². The molecule has 2 aromatic carbocycles. The third-order valence-electron chi connectivity index (χ3n) is 3.03. The minimum Gasteiger partial charge on any atom is -0.309 e. The van der Waals surface area contributed by atoms with Crippen LogP contribution in [0, 0.1) is 6.92 Å². The maximum Gasteiger partial charge on any atom is 0.360 e. The van der Waals surface area contributed by atoms with Gasteiger partial charge in [-0.15, -0.1) is 0 Å². The van der Waals surface area contributed by atoms with E-state index in [-0.39, 0.29) is 0 Å². The van der Waals surface area contributed by atoms with Crippen molar-refractivity contribution in [3.8, 4) is 11.1 Å². The topological polar surface area (TPSA) is 35.5 Å². The molecule has 0 amide bonds. The summed E-state index contributed by atoms with van der Waals surface area (Å²) in [6, 6.07) is 15.6. The third-order valence-corrected chi connectivity index (χ3v) is 4.90. The summed E-state index contributed by atoms with van der Waals surface area (Å²) in [5.41, 5.74) is 3.28. The summed E-state index contributed by atoms with van der Waals surface area (Å²) in [7, 11) is -0.407. The molecule has 0 aromatic heterocycles. The number of benzene rings is 2. The van der Waals surface area contributed by atoms with Crippen LogP contribution in [-0.2, 0) is 13.6 Å². The highest BCUT2D eigenvalue weighted by Crippen LogP contribution is 2.45. The Labute approximate surface area is 113 Å². The van der Waals surface area contributed by atoms with Gasteiger partial charge in [0.15, 0.2) is 0 Å². The first kappa shape index (κ1) is 14.0. The number of rotatable bonds is 4. The molecular formula is C15H17O3P. The van der Waals surface area contributed by atoms with E-state index in [9.17, 15) is 4.57 Å². The molecule has 0 aliphatic rings. The SMILES string of the molecule is COP(=O)(OC)c1cccc(-c2ccc(C)cc2)c1. The Morgan fingerprint density at radius 3 is 2.11 bits per heavy atom. The van der Waals surface area contributed by atoms with Gasteiger partial charge in [-0.3, -0.25) is 4.57 Å². The molecule has 0 unspecified atom stereocenters. The lowest BCUT2D eigenvalue weighted by Crippen LogP contribution is -2.07. The highest BCUT2D eigenvalue weighted by Gasteiger charge is 2.24. The van der Waals surface area contributed by atoms with Crippen LogP contribution in [0.25, 0.3) is 11.1 Å². The summed E-state index contributed by atoms with van der Waals surface area (Å²) in [4.78, 5) is 0. The van der Waals surface area contributed by atoms with Gasteiger partial charge in [0, 0.05) is 14.2 Å². The molecule has 0 saturated heterocycles. The molecule has 0 spiro atoms. The van der Waals surface area contributed by atoms with Crippen LogP contribution in [0.5, 0.6) is 0 Å². The Morgan fingerprint density at radius 1 is 0.895 bits per heavy atom. The predicted octanol–water partition coefficient (Wildman–Crippen LogP) is 3.77. The monoisotopic (exact) mass is 276 g/mol. The average Bonchev–Trinajstić information content (AvgIpc) is 2.47. The maximum atomic E-state index is 12.3. The van der Waals surface area contributed by atoms with Crippen LogP contribution in [0.3, 0.4) is 0 Å². The van der Waals surface area contributed by atoms with Gasteiger partial charge >= 0.3 is 7.60 Å². The summed E-state index contributed by atoms with van der Waals surface area (Å²) in [6.45, 7) is 2.05. The Hall–Kier alpha value is -1.41. The van der Waals surface area contributed by atoms with Crippen molar-refractivity contribution in [3.63, 3.8) is 0 Å². The largest absolute Gasteiger partial charge is 0.360 e. The highest BCUT2D eigenvalue weighted by molar-refractivity contribution is 7.62. The van der Waals surface area contributed by atoms with E-state index in [1.807, 2.05) is 49.4 Å². The van der Waals surface area contributed by atoms with E-state index in [0.717, 1.165) is 11.1 Å². The van der Waals surface area contributed by atoms with E-state index in [1.54, 1.807) is 6.07 Å². The smallest absolute Gasteiger partial charge is 0.309 e. The van der Waals surface area contributed by atoms with Crippen molar-refractivity contribution in [3.05, 3.63) is 54.1 Å². The predicted molar refractivity (Wildman–Crippen MR) is 77.9 cm³/mol. The van der Waals surface area contributed by atoms with Crippen molar-refractivity contribution >= 4 is 12.9 Å². The van der Waals surface area contributed by atoms with Crippen LogP contribution in [0.1, 0.15) is 5.56 Å². The van der Waals surface area contributed by atoms with Crippen LogP contribution >= 0.6 is 7.60 Å². The van der Waals surface area contributed by atoms with Crippen LogP contribution in [-0.4, -0.2) is 14.2 Å². The molecule has 0 bridgehead atoms. The van der Waals surface area contributed by atoms with Gasteiger partial charge in [-0.25, -0.2) is 0 Å². The quantitative estimate of drug-likeness (QED) is 0.797. The fourth-order valence-corrected chi connectivity index (χ4v) is 3.02. The second kappa shape index (κ2) is 5.70. The van der Waals surface area contributed by atoms with Gasteiger partial charge in [0.25, 0.3) is 0 Å². The van der Waals surface area contributed by atoms with Crippen LogP contribution in [0.15, 0.2) is 48.5 Å². The van der Waals surface area contributed by atoms with Crippen molar-refractivity contribution < 1.29 is 13.6 Å². The Balaban J connectivity index is 2.45. The van der Waals surface area contributed by atoms with E-state index in [1.165, 1.54) is 19.8 Å². The van der Waals surface area contributed by atoms with E-state index >= 15 is 0 Å². The molecule has 0 aliphatic carbocycles. The van der Waals surface area contributed by atoms with Gasteiger partial charge in [0.1, 0.15) is 0 Å². The molecule has 100 valence electrons. The van der Waals surface area contributed by atoms with Crippen molar-refractivity contribution in [2.75, 3.05) is 14.2 Å². The zero-order valence-electron chi connectivity index (χ0n) is 11.3. The van der Waals surface area contributed by atoms with Crippen molar-refractivity contribution in [2.45, 2.75) is 6.92 Å². The minimum absolute atomic E-state index is 0.565. The summed E-state index contributed by atoms with van der Waals surface area (Å²) in [5.74, 6) is 0. The van der Waals surface area contributed by atoms with Gasteiger partial charge in [0.05, 0.1) is 5.30 Å². The molecule has 0 radical (unpaired) electrons. The lowest BCUT2D eigenvalue weighted by atomic mass is 10.0. The number of hydrogen-bond acceptors (Lipinski definition) is 3. The Kier molecular flexibility index (Phi) is 4.20. The lowest BCUT2D eigenvalue weighted by Gasteiger charge is -2.14. The fourth-order valence-electron chi connectivity index (χ4n) is 1.89. The molecule has 19 heavy (non-hydrogen) atoms. The first-order valence-electron chi connectivity index (χ1n) is 5.98. The second-order valence-corrected chi connectivity index (χ2v) is 6.52. The van der Waals surface area contributed by atoms with Crippen molar-refractivity contribution in [1.82, 2.24) is 0 Å². The second-order valence-electron chi connectivity index (χ2n) is 4.28. The zero-order chi connectivity index (χ0) is 13.9. The number of hydrogen-bond donors (Lipinski definition) is 0. The molecule has 0 N–H and O–H groups in total. The third kappa shape index (κ3) is 2.95. The Bertz CT molecular complexity index is 597. The van der Waals surface area contributed by atoms with Crippen molar-refractivity contribution in [2.24, 2.45) is 0 Å². The van der Waals surface area contributed by atoms with Gasteiger partial charge in [0.2, 0.25) is 0 Å². The molecular weight excluding hydrogens is 259 g/mol. The number of aryl methyl sites for hydroxylation is 1. The highest BCUT2D eigenvalue weighted by atomic mass is 31.2. The first-order valence-corrected chi connectivity index (χ1v) is 7.52. The Morgan fingerprint density at radius 2 is 1.53 bits per heavy atom. The zero-order valence-corrected chi connectivity index (χ0v) is 12.2. The van der Waals surface area contributed by atoms with E-state index < -0.39 is 7.60 Å². The molecule has 0 heterocycles. The van der Waals surface area contributed by atoms with Gasteiger partial charge in [-0.2, -0.15) is 0 Å². The standard InChI is InChI=1S/C15H17O3P/c1-12-7-9-13(10-8-12)14-5-4-6-15(11-14)19(16,17-2)18-3/h4-11H,1-3H3. The van der Waals surface area contributed by atoms with Crippen LogP contribution < -0.4 is 5.30 Å². The van der Waals surface area contributed by atoms with Gasteiger partial charge in [-0.1, -0.05) is 42.0 Å². The molecule has 3 nitrogen and oxygen atoms in total. The summed E-state index contributed by atoms with van der Waals surface area (Å²) < 4.78 is 22.4. The summed E-state index contributed by atoms with van der Waals surface area (Å²) >= 11 is 0. The summed E-state index contributed by atoms with van der Waals surface area (Å²) in [5, 5.41) is 0.565. The molecule has 0 fully saturated rings.